The van der Waals surface area contributed by atoms with Crippen LogP contribution >= 0.6 is 0 Å². The highest BCUT2D eigenvalue weighted by Crippen LogP contribution is 2.41. The Hall–Kier alpha value is -2.63. The van der Waals surface area contributed by atoms with E-state index in [0.717, 1.165) is 24.8 Å². The quantitative estimate of drug-likeness (QED) is 0.873. The van der Waals surface area contributed by atoms with Crippen LogP contribution in [0.4, 0.5) is 0 Å². The summed E-state index contributed by atoms with van der Waals surface area (Å²) in [5.41, 5.74) is -0.292. The molecule has 6 heteroatoms. The Morgan fingerprint density at radius 1 is 1.18 bits per heavy atom. The first-order valence-electron chi connectivity index (χ1n) is 7.25. The topological polar surface area (TPSA) is 84.0 Å². The van der Waals surface area contributed by atoms with Gasteiger partial charge < -0.3 is 5.32 Å². The van der Waals surface area contributed by atoms with Gasteiger partial charge in [0.15, 0.2) is 0 Å². The molecule has 1 heterocycles. The van der Waals surface area contributed by atoms with Crippen molar-refractivity contribution in [1.29, 1.82) is 0 Å². The molecule has 1 aliphatic rings. The van der Waals surface area contributed by atoms with Gasteiger partial charge in [0.1, 0.15) is 6.54 Å². The minimum Gasteiger partial charge on any atom is -0.345 e. The normalized spacial score (nSPS) is 15.8. The Morgan fingerprint density at radius 2 is 1.91 bits per heavy atom. The van der Waals surface area contributed by atoms with Gasteiger partial charge in [0.25, 0.3) is 5.56 Å². The Balaban J connectivity index is 1.76. The van der Waals surface area contributed by atoms with Gasteiger partial charge in [-0.25, -0.2) is 4.79 Å². The third-order valence-corrected chi connectivity index (χ3v) is 4.12. The number of aromatic nitrogens is 2. The fraction of sp³-hybridized carbons (Fsp3) is 0.312. The first-order chi connectivity index (χ1) is 10.6. The molecule has 2 N–H and O–H groups in total. The number of nitrogens with zero attached hydrogens (tertiary/aromatic N) is 1. The summed E-state index contributed by atoms with van der Waals surface area (Å²) in [4.78, 5) is 37.1. The van der Waals surface area contributed by atoms with E-state index >= 15 is 0 Å². The molecule has 1 amide bonds. The SMILES string of the molecule is O=C(Cn1ccc(=O)[nH]c1=O)NC1(c2ccccc2)CCC1. The van der Waals surface area contributed by atoms with Crippen molar-refractivity contribution in [2.24, 2.45) is 0 Å². The Morgan fingerprint density at radius 3 is 2.50 bits per heavy atom. The zero-order valence-corrected chi connectivity index (χ0v) is 12.0. The summed E-state index contributed by atoms with van der Waals surface area (Å²) in [6, 6.07) is 11.1. The maximum atomic E-state index is 12.3. The Labute approximate surface area is 126 Å². The van der Waals surface area contributed by atoms with Gasteiger partial charge in [0.2, 0.25) is 5.91 Å². The molecule has 1 aromatic carbocycles. The van der Waals surface area contributed by atoms with E-state index in [1.54, 1.807) is 0 Å². The first-order valence-corrected chi connectivity index (χ1v) is 7.25. The molecule has 0 unspecified atom stereocenters. The molecular formula is C16H17N3O3. The van der Waals surface area contributed by atoms with Crippen molar-refractivity contribution in [3.63, 3.8) is 0 Å². The summed E-state index contributed by atoms with van der Waals surface area (Å²) >= 11 is 0. The van der Waals surface area contributed by atoms with Crippen molar-refractivity contribution in [3.8, 4) is 0 Å². The van der Waals surface area contributed by atoms with Crippen molar-refractivity contribution in [2.45, 2.75) is 31.3 Å². The molecule has 0 bridgehead atoms. The molecule has 1 aromatic heterocycles. The zero-order valence-electron chi connectivity index (χ0n) is 12.0. The van der Waals surface area contributed by atoms with Crippen LogP contribution in [-0.4, -0.2) is 15.5 Å². The first kappa shape index (κ1) is 14.3. The molecule has 3 rings (SSSR count). The number of nitrogens with one attached hydrogen (secondary N) is 2. The minimum atomic E-state index is -0.579. The largest absolute Gasteiger partial charge is 0.345 e. The van der Waals surface area contributed by atoms with Gasteiger partial charge in [-0.2, -0.15) is 0 Å². The molecule has 1 saturated carbocycles. The number of carbonyl (C=O) groups excluding carboxylic acids is 1. The van der Waals surface area contributed by atoms with Gasteiger partial charge >= 0.3 is 5.69 Å². The molecule has 0 radical (unpaired) electrons. The number of rotatable bonds is 4. The number of hydrogen-bond acceptors (Lipinski definition) is 3. The standard InChI is InChI=1S/C16H17N3O3/c20-13-7-10-19(15(22)17-13)11-14(21)18-16(8-4-9-16)12-5-2-1-3-6-12/h1-3,5-7,10H,4,8-9,11H2,(H,18,21)(H,17,20,22). The van der Waals surface area contributed by atoms with E-state index in [1.807, 2.05) is 30.3 Å². The van der Waals surface area contributed by atoms with Crippen LogP contribution in [0.25, 0.3) is 0 Å². The predicted molar refractivity (Wildman–Crippen MR) is 81.4 cm³/mol. The molecule has 0 atom stereocenters. The summed E-state index contributed by atoms with van der Waals surface area (Å²) in [5.74, 6) is -0.238. The highest BCUT2D eigenvalue weighted by molar-refractivity contribution is 5.77. The third kappa shape index (κ3) is 2.72. The summed E-state index contributed by atoms with van der Waals surface area (Å²) in [6.07, 6.45) is 4.18. The lowest BCUT2D eigenvalue weighted by Crippen LogP contribution is -2.52. The molecule has 114 valence electrons. The van der Waals surface area contributed by atoms with Crippen LogP contribution in [0.15, 0.2) is 52.2 Å². The smallest absolute Gasteiger partial charge is 0.328 e. The van der Waals surface area contributed by atoms with Crippen LogP contribution in [0.1, 0.15) is 24.8 Å². The van der Waals surface area contributed by atoms with Crippen LogP contribution in [0.5, 0.6) is 0 Å². The van der Waals surface area contributed by atoms with Gasteiger partial charge in [-0.15, -0.1) is 0 Å². The lowest BCUT2D eigenvalue weighted by molar-refractivity contribution is -0.125. The number of benzene rings is 1. The lowest BCUT2D eigenvalue weighted by Gasteiger charge is -2.43. The Kier molecular flexibility index (Phi) is 3.66. The molecule has 2 aromatic rings. The molecular weight excluding hydrogens is 282 g/mol. The van der Waals surface area contributed by atoms with E-state index in [2.05, 4.69) is 10.3 Å². The fourth-order valence-corrected chi connectivity index (χ4v) is 2.80. The molecule has 22 heavy (non-hydrogen) atoms. The van der Waals surface area contributed by atoms with E-state index in [9.17, 15) is 14.4 Å². The second kappa shape index (κ2) is 5.63. The molecule has 1 aliphatic carbocycles. The number of hydrogen-bond donors (Lipinski definition) is 2. The number of carbonyl (C=O) groups is 1. The summed E-state index contributed by atoms with van der Waals surface area (Å²) in [5, 5.41) is 3.05. The van der Waals surface area contributed by atoms with E-state index in [1.165, 1.54) is 16.8 Å². The fourth-order valence-electron chi connectivity index (χ4n) is 2.80. The van der Waals surface area contributed by atoms with E-state index < -0.39 is 11.2 Å². The van der Waals surface area contributed by atoms with E-state index in [4.69, 9.17) is 0 Å². The van der Waals surface area contributed by atoms with Crippen LogP contribution < -0.4 is 16.6 Å². The second-order valence-corrected chi connectivity index (χ2v) is 5.59. The van der Waals surface area contributed by atoms with Crippen LogP contribution in [-0.2, 0) is 16.9 Å². The van der Waals surface area contributed by atoms with Crippen molar-refractivity contribution in [2.75, 3.05) is 0 Å². The van der Waals surface area contributed by atoms with Crippen molar-refractivity contribution in [1.82, 2.24) is 14.9 Å². The van der Waals surface area contributed by atoms with Crippen molar-refractivity contribution in [3.05, 3.63) is 69.0 Å². The van der Waals surface area contributed by atoms with E-state index in [-0.39, 0.29) is 18.0 Å². The molecule has 6 nitrogen and oxygen atoms in total. The summed E-state index contributed by atoms with van der Waals surface area (Å²) < 4.78 is 1.19. The third-order valence-electron chi connectivity index (χ3n) is 4.12. The maximum Gasteiger partial charge on any atom is 0.328 e. The van der Waals surface area contributed by atoms with Crippen LogP contribution in [0, 0.1) is 0 Å². The predicted octanol–water partition coefficient (Wildman–Crippen LogP) is 0.732. The second-order valence-electron chi connectivity index (χ2n) is 5.59. The highest BCUT2D eigenvalue weighted by atomic mass is 16.2. The molecule has 0 aliphatic heterocycles. The minimum absolute atomic E-state index is 0.107. The van der Waals surface area contributed by atoms with Gasteiger partial charge in [-0.05, 0) is 24.8 Å². The maximum absolute atomic E-state index is 12.3. The van der Waals surface area contributed by atoms with Gasteiger partial charge in [-0.1, -0.05) is 30.3 Å². The average molecular weight is 299 g/mol. The van der Waals surface area contributed by atoms with Crippen LogP contribution in [0.2, 0.25) is 0 Å². The van der Waals surface area contributed by atoms with Crippen LogP contribution in [0.3, 0.4) is 0 Å². The lowest BCUT2D eigenvalue weighted by atomic mass is 9.72. The number of amides is 1. The van der Waals surface area contributed by atoms with Gasteiger partial charge in [0, 0.05) is 12.3 Å². The monoisotopic (exact) mass is 299 g/mol. The zero-order chi connectivity index (χ0) is 15.6. The molecule has 1 fully saturated rings. The van der Waals surface area contributed by atoms with Gasteiger partial charge in [-0.3, -0.25) is 19.1 Å². The number of H-pyrrole nitrogens is 1. The van der Waals surface area contributed by atoms with Crippen molar-refractivity contribution < 1.29 is 4.79 Å². The Bertz CT molecular complexity index is 788. The van der Waals surface area contributed by atoms with E-state index in [0.29, 0.717) is 0 Å². The summed E-state index contributed by atoms with van der Waals surface area (Å²) in [7, 11) is 0. The van der Waals surface area contributed by atoms with Gasteiger partial charge in [0.05, 0.1) is 5.54 Å². The van der Waals surface area contributed by atoms with Crippen molar-refractivity contribution >= 4 is 5.91 Å². The number of aromatic amines is 1. The molecule has 0 spiro atoms. The average Bonchev–Trinajstić information content (AvgIpc) is 2.47. The summed E-state index contributed by atoms with van der Waals surface area (Å²) in [6.45, 7) is -0.107. The molecule has 0 saturated heterocycles. The highest BCUT2D eigenvalue weighted by Gasteiger charge is 2.39.